The van der Waals surface area contributed by atoms with Gasteiger partial charge in [0.25, 0.3) is 0 Å². The molecule has 0 spiro atoms. The summed E-state index contributed by atoms with van der Waals surface area (Å²) in [5.74, 6) is 3.09. The van der Waals surface area contributed by atoms with Crippen molar-refractivity contribution < 1.29 is 4.74 Å². The van der Waals surface area contributed by atoms with Gasteiger partial charge in [-0.3, -0.25) is 0 Å². The van der Waals surface area contributed by atoms with Crippen LogP contribution >= 0.6 is 11.6 Å². The summed E-state index contributed by atoms with van der Waals surface area (Å²) in [6, 6.07) is 0.170. The number of rotatable bonds is 3. The van der Waals surface area contributed by atoms with Crippen molar-refractivity contribution in [3.8, 4) is 18.4 Å². The van der Waals surface area contributed by atoms with Gasteiger partial charge in [-0.15, -0.1) is 6.42 Å². The van der Waals surface area contributed by atoms with Gasteiger partial charge in [-0.1, -0.05) is 5.92 Å². The molecule has 1 aromatic rings. The van der Waals surface area contributed by atoms with Crippen LogP contribution in [0.2, 0.25) is 5.28 Å². The summed E-state index contributed by atoms with van der Waals surface area (Å²) in [4.78, 5) is 14.5. The highest BCUT2D eigenvalue weighted by molar-refractivity contribution is 6.28. The molecule has 0 saturated carbocycles. The molecule has 2 heterocycles. The van der Waals surface area contributed by atoms with Crippen molar-refractivity contribution in [2.45, 2.75) is 38.7 Å². The molecule has 1 saturated heterocycles. The Kier molecular flexibility index (Phi) is 4.11. The quantitative estimate of drug-likeness (QED) is 0.795. The van der Waals surface area contributed by atoms with Crippen LogP contribution in [0.3, 0.4) is 0 Å². The minimum absolute atomic E-state index is 0.124. The number of anilines is 1. The van der Waals surface area contributed by atoms with E-state index in [0.29, 0.717) is 5.95 Å². The number of hydrogen-bond donors (Lipinski definition) is 0. The van der Waals surface area contributed by atoms with Crippen molar-refractivity contribution in [1.29, 1.82) is 0 Å². The Labute approximate surface area is 118 Å². The van der Waals surface area contributed by atoms with Crippen LogP contribution in [0.5, 0.6) is 6.01 Å². The number of aromatic nitrogens is 3. The molecule has 0 unspecified atom stereocenters. The summed E-state index contributed by atoms with van der Waals surface area (Å²) in [5, 5.41) is 0.124. The second-order valence-corrected chi connectivity index (χ2v) is 5.33. The van der Waals surface area contributed by atoms with E-state index in [1.54, 1.807) is 13.8 Å². The van der Waals surface area contributed by atoms with Crippen LogP contribution in [0.15, 0.2) is 0 Å². The molecule has 0 bridgehead atoms. The van der Waals surface area contributed by atoms with Crippen molar-refractivity contribution in [3.05, 3.63) is 5.28 Å². The number of nitrogens with zero attached hydrogens (tertiary/aromatic N) is 4. The number of ether oxygens (including phenoxy) is 1. The van der Waals surface area contributed by atoms with Crippen molar-refractivity contribution in [2.24, 2.45) is 0 Å². The summed E-state index contributed by atoms with van der Waals surface area (Å²) < 4.78 is 5.55. The summed E-state index contributed by atoms with van der Waals surface area (Å²) in [7, 11) is 0. The van der Waals surface area contributed by atoms with E-state index in [2.05, 4.69) is 25.8 Å². The van der Waals surface area contributed by atoms with Crippen LogP contribution in [-0.4, -0.2) is 33.6 Å². The van der Waals surface area contributed by atoms with Crippen molar-refractivity contribution in [3.63, 3.8) is 0 Å². The van der Waals surface area contributed by atoms with E-state index in [4.69, 9.17) is 22.8 Å². The maximum atomic E-state index is 5.92. The molecule has 5 nitrogen and oxygen atoms in total. The standard InChI is InChI=1S/C13H17ClN4O/c1-4-13(2,3)19-12-16-10(14)15-11(17-12)18-8-6-5-7-9-18/h1H,5-9H2,2-3H3. The summed E-state index contributed by atoms with van der Waals surface area (Å²) >= 11 is 5.92. The highest BCUT2D eigenvalue weighted by Gasteiger charge is 2.21. The molecule has 0 aromatic carbocycles. The molecule has 2 rings (SSSR count). The van der Waals surface area contributed by atoms with Gasteiger partial charge in [-0.05, 0) is 44.7 Å². The minimum atomic E-state index is -0.774. The summed E-state index contributed by atoms with van der Waals surface area (Å²) in [6.07, 6.45) is 8.89. The predicted molar refractivity (Wildman–Crippen MR) is 74.4 cm³/mol. The van der Waals surface area contributed by atoms with E-state index < -0.39 is 5.60 Å². The Morgan fingerprint density at radius 2 is 1.89 bits per heavy atom. The number of hydrogen-bond acceptors (Lipinski definition) is 5. The molecule has 0 radical (unpaired) electrons. The zero-order valence-electron chi connectivity index (χ0n) is 11.2. The van der Waals surface area contributed by atoms with Crippen LogP contribution in [0.1, 0.15) is 33.1 Å². The van der Waals surface area contributed by atoms with E-state index in [0.717, 1.165) is 25.9 Å². The van der Waals surface area contributed by atoms with E-state index in [9.17, 15) is 0 Å². The van der Waals surface area contributed by atoms with Gasteiger partial charge in [0, 0.05) is 13.1 Å². The summed E-state index contributed by atoms with van der Waals surface area (Å²) in [5.41, 5.74) is -0.774. The van der Waals surface area contributed by atoms with Crippen molar-refractivity contribution in [1.82, 2.24) is 15.0 Å². The second-order valence-electron chi connectivity index (χ2n) is 4.99. The Bertz CT molecular complexity index is 492. The van der Waals surface area contributed by atoms with E-state index in [1.807, 2.05) is 0 Å². The predicted octanol–water partition coefficient (Wildman–Crippen LogP) is 2.31. The van der Waals surface area contributed by atoms with E-state index >= 15 is 0 Å². The lowest BCUT2D eigenvalue weighted by Gasteiger charge is -2.27. The largest absolute Gasteiger partial charge is 0.444 e. The van der Waals surface area contributed by atoms with Gasteiger partial charge in [0.1, 0.15) is 0 Å². The lowest BCUT2D eigenvalue weighted by atomic mass is 10.1. The molecule has 102 valence electrons. The molecular weight excluding hydrogens is 264 g/mol. The smallest absolute Gasteiger partial charge is 0.324 e. The first kappa shape index (κ1) is 13.9. The van der Waals surface area contributed by atoms with Crippen molar-refractivity contribution in [2.75, 3.05) is 18.0 Å². The topological polar surface area (TPSA) is 51.1 Å². The zero-order chi connectivity index (χ0) is 13.9. The molecule has 0 amide bonds. The van der Waals surface area contributed by atoms with Crippen LogP contribution < -0.4 is 9.64 Å². The highest BCUT2D eigenvalue weighted by atomic mass is 35.5. The lowest BCUT2D eigenvalue weighted by Crippen LogP contribution is -2.32. The minimum Gasteiger partial charge on any atom is -0.444 e. The maximum absolute atomic E-state index is 5.92. The number of terminal acetylenes is 1. The van der Waals surface area contributed by atoms with Crippen LogP contribution in [0.25, 0.3) is 0 Å². The van der Waals surface area contributed by atoms with E-state index in [-0.39, 0.29) is 11.3 Å². The van der Waals surface area contributed by atoms with Crippen molar-refractivity contribution >= 4 is 17.5 Å². The third-order valence-electron chi connectivity index (χ3n) is 2.91. The number of piperidine rings is 1. The number of halogens is 1. The van der Waals surface area contributed by atoms with Gasteiger partial charge in [-0.2, -0.15) is 15.0 Å². The molecule has 19 heavy (non-hydrogen) atoms. The van der Waals surface area contributed by atoms with Crippen LogP contribution in [0, 0.1) is 12.3 Å². The third-order valence-corrected chi connectivity index (χ3v) is 3.08. The molecule has 0 N–H and O–H groups in total. The Morgan fingerprint density at radius 1 is 1.21 bits per heavy atom. The van der Waals surface area contributed by atoms with E-state index in [1.165, 1.54) is 6.42 Å². The van der Waals surface area contributed by atoms with Crippen LogP contribution in [0.4, 0.5) is 5.95 Å². The van der Waals surface area contributed by atoms with Gasteiger partial charge in [0.05, 0.1) is 0 Å². The normalized spacial score (nSPS) is 16.0. The van der Waals surface area contributed by atoms with Crippen LogP contribution in [-0.2, 0) is 0 Å². The zero-order valence-corrected chi connectivity index (χ0v) is 11.9. The molecule has 1 aromatic heterocycles. The summed E-state index contributed by atoms with van der Waals surface area (Å²) in [6.45, 7) is 5.40. The van der Waals surface area contributed by atoms with Gasteiger partial charge in [0.2, 0.25) is 11.2 Å². The van der Waals surface area contributed by atoms with Gasteiger partial charge >= 0.3 is 6.01 Å². The molecule has 0 aliphatic carbocycles. The molecule has 6 heteroatoms. The van der Waals surface area contributed by atoms with Gasteiger partial charge in [0.15, 0.2) is 5.60 Å². The lowest BCUT2D eigenvalue weighted by molar-refractivity contribution is 0.156. The first-order valence-electron chi connectivity index (χ1n) is 6.33. The average molecular weight is 281 g/mol. The third kappa shape index (κ3) is 3.71. The molecule has 1 fully saturated rings. The average Bonchev–Trinajstić information content (AvgIpc) is 2.38. The molecule has 1 aliphatic rings. The molecule has 0 atom stereocenters. The fourth-order valence-corrected chi connectivity index (χ4v) is 2.01. The fraction of sp³-hybridized carbons (Fsp3) is 0.615. The monoisotopic (exact) mass is 280 g/mol. The Balaban J connectivity index is 2.22. The highest BCUT2D eigenvalue weighted by Crippen LogP contribution is 2.21. The maximum Gasteiger partial charge on any atom is 0.324 e. The first-order chi connectivity index (χ1) is 9.00. The molecule has 1 aliphatic heterocycles. The second kappa shape index (κ2) is 5.62. The SMILES string of the molecule is C#CC(C)(C)Oc1nc(Cl)nc(N2CCCCC2)n1. The Hall–Kier alpha value is -1.54. The van der Waals surface area contributed by atoms with Gasteiger partial charge < -0.3 is 9.64 Å². The fourth-order valence-electron chi connectivity index (χ4n) is 1.86. The first-order valence-corrected chi connectivity index (χ1v) is 6.71. The Morgan fingerprint density at radius 3 is 2.53 bits per heavy atom. The molecular formula is C13H17ClN4O. The van der Waals surface area contributed by atoms with Gasteiger partial charge in [-0.25, -0.2) is 0 Å².